The van der Waals surface area contributed by atoms with E-state index in [0.29, 0.717) is 24.2 Å². The van der Waals surface area contributed by atoms with Crippen LogP contribution in [0.2, 0.25) is 0 Å². The van der Waals surface area contributed by atoms with Crippen LogP contribution < -0.4 is 0 Å². The Balaban J connectivity index is 1.54. The third-order valence-electron chi connectivity index (χ3n) is 6.09. The summed E-state index contributed by atoms with van der Waals surface area (Å²) in [6.07, 6.45) is 4.41. The Morgan fingerprint density at radius 1 is 0.966 bits per heavy atom. The molecule has 4 heteroatoms. The van der Waals surface area contributed by atoms with E-state index in [0.717, 1.165) is 50.9 Å². The van der Waals surface area contributed by atoms with Gasteiger partial charge >= 0.3 is 0 Å². The third-order valence-corrected chi connectivity index (χ3v) is 6.09. The zero-order valence-corrected chi connectivity index (χ0v) is 17.2. The normalized spacial score (nSPS) is 16.5. The highest BCUT2D eigenvalue weighted by Gasteiger charge is 2.41. The molecule has 3 rings (SSSR count). The van der Waals surface area contributed by atoms with Crippen molar-refractivity contribution in [2.45, 2.75) is 50.9 Å². The first-order chi connectivity index (χ1) is 14.0. The Morgan fingerprint density at radius 3 is 2.24 bits per heavy atom. The van der Waals surface area contributed by atoms with Crippen LogP contribution in [0.1, 0.15) is 61.4 Å². The van der Waals surface area contributed by atoms with Crippen LogP contribution in [-0.4, -0.2) is 36.1 Å². The quantitative estimate of drug-likeness (QED) is 0.548. The van der Waals surface area contributed by atoms with Gasteiger partial charge in [-0.3, -0.25) is 9.59 Å². The summed E-state index contributed by atoms with van der Waals surface area (Å²) in [6.45, 7) is 4.65. The van der Waals surface area contributed by atoms with Gasteiger partial charge in [-0.25, -0.2) is 4.39 Å². The summed E-state index contributed by atoms with van der Waals surface area (Å²) in [5.74, 6) is 0.0884. The lowest BCUT2D eigenvalue weighted by Gasteiger charge is -2.41. The molecule has 0 radical (unpaired) electrons. The number of carbonyl (C=O) groups is 2. The van der Waals surface area contributed by atoms with Crippen LogP contribution >= 0.6 is 0 Å². The zero-order chi connectivity index (χ0) is 20.7. The fraction of sp³-hybridized carbons (Fsp3) is 0.440. The van der Waals surface area contributed by atoms with Gasteiger partial charge in [0.2, 0.25) is 0 Å². The average Bonchev–Trinajstić information content (AvgIpc) is 2.75. The first-order valence-electron chi connectivity index (χ1n) is 10.6. The number of benzene rings is 2. The van der Waals surface area contributed by atoms with Crippen LogP contribution in [0.15, 0.2) is 54.6 Å². The van der Waals surface area contributed by atoms with Crippen molar-refractivity contribution in [2.75, 3.05) is 19.6 Å². The summed E-state index contributed by atoms with van der Waals surface area (Å²) in [5.41, 5.74) is 1.35. The zero-order valence-electron chi connectivity index (χ0n) is 17.2. The minimum Gasteiger partial charge on any atom is -0.303 e. The van der Waals surface area contributed by atoms with E-state index >= 15 is 0 Å². The van der Waals surface area contributed by atoms with Crippen LogP contribution in [0.5, 0.6) is 0 Å². The molecule has 0 aliphatic carbocycles. The molecule has 0 aromatic heterocycles. The van der Waals surface area contributed by atoms with Crippen LogP contribution in [0.4, 0.5) is 4.39 Å². The van der Waals surface area contributed by atoms with Gasteiger partial charge in [-0.2, -0.15) is 0 Å². The van der Waals surface area contributed by atoms with Crippen molar-refractivity contribution in [1.29, 1.82) is 0 Å². The Hall–Kier alpha value is -2.33. The molecule has 3 nitrogen and oxygen atoms in total. The van der Waals surface area contributed by atoms with Crippen molar-refractivity contribution in [1.82, 2.24) is 4.90 Å². The number of ketones is 2. The lowest BCUT2D eigenvalue weighted by Crippen LogP contribution is -2.47. The number of carbonyl (C=O) groups excluding carboxylic acids is 2. The second kappa shape index (κ2) is 9.93. The SMILES string of the molecule is CCCC(=O)C1(c2ccccc2)CCN(CCCC(=O)c2ccc(F)cc2)CC1. The maximum atomic E-state index is 13.0. The van der Waals surface area contributed by atoms with Gasteiger partial charge in [0.1, 0.15) is 11.6 Å². The molecule has 0 bridgehead atoms. The number of rotatable bonds is 9. The number of Topliss-reactive ketones (excluding diaryl/α,β-unsaturated/α-hetero) is 2. The van der Waals surface area contributed by atoms with Crippen molar-refractivity contribution in [2.24, 2.45) is 0 Å². The Kier molecular flexibility index (Phi) is 7.32. The van der Waals surface area contributed by atoms with Crippen LogP contribution in [0.25, 0.3) is 0 Å². The molecule has 29 heavy (non-hydrogen) atoms. The van der Waals surface area contributed by atoms with E-state index in [1.165, 1.54) is 12.1 Å². The van der Waals surface area contributed by atoms with Gasteiger partial charge < -0.3 is 4.90 Å². The molecule has 1 heterocycles. The van der Waals surface area contributed by atoms with Crippen LogP contribution in [-0.2, 0) is 10.2 Å². The fourth-order valence-corrected chi connectivity index (χ4v) is 4.35. The predicted octanol–water partition coefficient (Wildman–Crippen LogP) is 5.19. The molecule has 1 aliphatic rings. The molecule has 2 aromatic rings. The summed E-state index contributed by atoms with van der Waals surface area (Å²) in [6, 6.07) is 16.0. The van der Waals surface area contributed by atoms with Gasteiger partial charge in [0, 0.05) is 18.4 Å². The topological polar surface area (TPSA) is 37.4 Å². The van der Waals surface area contributed by atoms with E-state index in [2.05, 4.69) is 24.0 Å². The van der Waals surface area contributed by atoms with Crippen molar-refractivity contribution in [3.05, 3.63) is 71.5 Å². The number of nitrogens with zero attached hydrogens (tertiary/aromatic N) is 1. The van der Waals surface area contributed by atoms with Crippen molar-refractivity contribution in [3.63, 3.8) is 0 Å². The van der Waals surface area contributed by atoms with Gasteiger partial charge in [-0.1, -0.05) is 37.3 Å². The molecule has 154 valence electrons. The summed E-state index contributed by atoms with van der Waals surface area (Å²) in [4.78, 5) is 27.6. The van der Waals surface area contributed by atoms with Gasteiger partial charge in [0.15, 0.2) is 5.78 Å². The minimum absolute atomic E-state index is 0.0544. The highest BCUT2D eigenvalue weighted by atomic mass is 19.1. The lowest BCUT2D eigenvalue weighted by atomic mass is 9.68. The molecule has 1 aliphatic heterocycles. The molecule has 0 N–H and O–H groups in total. The molecule has 0 amide bonds. The van der Waals surface area contributed by atoms with Crippen LogP contribution in [0.3, 0.4) is 0 Å². The van der Waals surface area contributed by atoms with Crippen molar-refractivity contribution in [3.8, 4) is 0 Å². The summed E-state index contributed by atoms with van der Waals surface area (Å²) in [7, 11) is 0. The maximum absolute atomic E-state index is 13.0. The van der Waals surface area contributed by atoms with Gasteiger partial charge in [0.05, 0.1) is 5.41 Å². The maximum Gasteiger partial charge on any atom is 0.162 e. The first kappa shape index (κ1) is 21.4. The van der Waals surface area contributed by atoms with E-state index < -0.39 is 0 Å². The standard InChI is InChI=1S/C25H30FNO2/c1-2-7-24(29)25(21-8-4-3-5-9-21)15-18-27(19-16-25)17-6-10-23(28)20-11-13-22(26)14-12-20/h3-5,8-9,11-14H,2,6-7,10,15-19H2,1H3. The molecular formula is C25H30FNO2. The molecule has 0 atom stereocenters. The largest absolute Gasteiger partial charge is 0.303 e. The third kappa shape index (κ3) is 5.18. The Labute approximate surface area is 172 Å². The molecule has 1 saturated heterocycles. The molecule has 0 spiro atoms. The van der Waals surface area contributed by atoms with Gasteiger partial charge in [-0.05, 0) is 75.1 Å². The van der Waals surface area contributed by atoms with E-state index in [1.807, 2.05) is 18.2 Å². The smallest absolute Gasteiger partial charge is 0.162 e. The molecule has 2 aromatic carbocycles. The molecule has 0 unspecified atom stereocenters. The minimum atomic E-state index is -0.363. The fourth-order valence-electron chi connectivity index (χ4n) is 4.35. The Bertz CT molecular complexity index is 808. The monoisotopic (exact) mass is 395 g/mol. The highest BCUT2D eigenvalue weighted by Crippen LogP contribution is 2.37. The van der Waals surface area contributed by atoms with E-state index in [-0.39, 0.29) is 17.0 Å². The summed E-state index contributed by atoms with van der Waals surface area (Å²) < 4.78 is 13.0. The van der Waals surface area contributed by atoms with E-state index in [4.69, 9.17) is 0 Å². The second-order valence-corrected chi connectivity index (χ2v) is 8.00. The molecule has 0 saturated carbocycles. The predicted molar refractivity (Wildman–Crippen MR) is 114 cm³/mol. The summed E-state index contributed by atoms with van der Waals surface area (Å²) >= 11 is 0. The number of hydrogen-bond donors (Lipinski definition) is 0. The highest BCUT2D eigenvalue weighted by molar-refractivity contribution is 5.96. The second-order valence-electron chi connectivity index (χ2n) is 8.00. The molecular weight excluding hydrogens is 365 g/mol. The van der Waals surface area contributed by atoms with Gasteiger partial charge in [-0.15, -0.1) is 0 Å². The number of hydrogen-bond acceptors (Lipinski definition) is 3. The van der Waals surface area contributed by atoms with Crippen LogP contribution in [0, 0.1) is 5.82 Å². The molecule has 1 fully saturated rings. The number of halogens is 1. The van der Waals surface area contributed by atoms with E-state index in [9.17, 15) is 14.0 Å². The van der Waals surface area contributed by atoms with Gasteiger partial charge in [0.25, 0.3) is 0 Å². The van der Waals surface area contributed by atoms with Crippen molar-refractivity contribution < 1.29 is 14.0 Å². The number of piperidine rings is 1. The number of likely N-dealkylation sites (tertiary alicyclic amines) is 1. The van der Waals surface area contributed by atoms with Crippen molar-refractivity contribution >= 4 is 11.6 Å². The Morgan fingerprint density at radius 2 is 1.62 bits per heavy atom. The summed E-state index contributed by atoms with van der Waals surface area (Å²) in [5, 5.41) is 0. The first-order valence-corrected chi connectivity index (χ1v) is 10.6. The van der Waals surface area contributed by atoms with E-state index in [1.54, 1.807) is 12.1 Å². The lowest BCUT2D eigenvalue weighted by molar-refractivity contribution is -0.126. The average molecular weight is 396 g/mol.